The lowest BCUT2D eigenvalue weighted by molar-refractivity contribution is 0.0924. The van der Waals surface area contributed by atoms with Crippen molar-refractivity contribution in [1.82, 2.24) is 10.3 Å². The van der Waals surface area contributed by atoms with E-state index in [4.69, 9.17) is 5.73 Å². The van der Waals surface area contributed by atoms with Gasteiger partial charge in [0.15, 0.2) is 0 Å². The number of rotatable bonds is 4. The lowest BCUT2D eigenvalue weighted by atomic mass is 10.0. The normalized spacial score (nSPS) is 14.3. The predicted molar refractivity (Wildman–Crippen MR) is 79.1 cm³/mol. The maximum atomic E-state index is 12.2. The molecule has 1 amide bonds. The Morgan fingerprint density at radius 1 is 1.37 bits per heavy atom. The number of fused-ring (bicyclic) bond motifs is 1. The first kappa shape index (κ1) is 13.5. The third-order valence-electron chi connectivity index (χ3n) is 3.75. The van der Waals surface area contributed by atoms with Crippen LogP contribution in [0.4, 0.5) is 5.69 Å². The Morgan fingerprint density at radius 2 is 2.11 bits per heavy atom. The van der Waals surface area contributed by atoms with E-state index in [-0.39, 0.29) is 11.9 Å². The van der Waals surface area contributed by atoms with E-state index in [9.17, 15) is 4.79 Å². The summed E-state index contributed by atoms with van der Waals surface area (Å²) in [7, 11) is 0. The summed E-state index contributed by atoms with van der Waals surface area (Å²) < 4.78 is 0. The molecule has 0 aliphatic heterocycles. The zero-order chi connectivity index (χ0) is 14.0. The Kier molecular flexibility index (Phi) is 3.79. The molecule has 0 aliphatic rings. The molecule has 0 aliphatic carbocycles. The van der Waals surface area contributed by atoms with Gasteiger partial charge in [-0.15, -0.1) is 0 Å². The van der Waals surface area contributed by atoms with Crippen LogP contribution in [0.15, 0.2) is 24.3 Å². The molecule has 2 aromatic rings. The summed E-state index contributed by atoms with van der Waals surface area (Å²) in [5, 5.41) is 3.98. The smallest absolute Gasteiger partial charge is 0.267 e. The van der Waals surface area contributed by atoms with Crippen molar-refractivity contribution in [2.75, 3.05) is 5.73 Å². The van der Waals surface area contributed by atoms with Gasteiger partial charge in [-0.25, -0.2) is 0 Å². The fourth-order valence-corrected chi connectivity index (χ4v) is 2.05. The van der Waals surface area contributed by atoms with Gasteiger partial charge in [0.2, 0.25) is 0 Å². The summed E-state index contributed by atoms with van der Waals surface area (Å²) in [5.41, 5.74) is 7.94. The molecule has 0 saturated carbocycles. The molecule has 1 heterocycles. The lowest BCUT2D eigenvalue weighted by Gasteiger charge is -2.19. The van der Waals surface area contributed by atoms with Gasteiger partial charge in [0.1, 0.15) is 5.69 Å². The number of hydrogen-bond acceptors (Lipinski definition) is 2. The quantitative estimate of drug-likeness (QED) is 0.739. The Balaban J connectivity index is 2.17. The van der Waals surface area contributed by atoms with Crippen LogP contribution in [-0.4, -0.2) is 16.9 Å². The van der Waals surface area contributed by atoms with Crippen molar-refractivity contribution in [2.45, 2.75) is 33.2 Å². The molecule has 0 bridgehead atoms. The molecule has 4 nitrogen and oxygen atoms in total. The predicted octanol–water partition coefficient (Wildman–Crippen LogP) is 2.91. The van der Waals surface area contributed by atoms with Crippen molar-refractivity contribution in [1.29, 1.82) is 0 Å². The number of benzene rings is 1. The van der Waals surface area contributed by atoms with Gasteiger partial charge in [-0.3, -0.25) is 4.79 Å². The van der Waals surface area contributed by atoms with E-state index in [1.54, 1.807) is 0 Å². The topological polar surface area (TPSA) is 70.9 Å². The number of anilines is 1. The number of nitrogens with one attached hydrogen (secondary N) is 2. The molecule has 2 atom stereocenters. The van der Waals surface area contributed by atoms with Crippen LogP contribution in [0, 0.1) is 5.92 Å². The summed E-state index contributed by atoms with van der Waals surface area (Å²) >= 11 is 0. The molecule has 0 radical (unpaired) electrons. The molecule has 2 unspecified atom stereocenters. The highest BCUT2D eigenvalue weighted by Crippen LogP contribution is 2.18. The van der Waals surface area contributed by atoms with Crippen LogP contribution in [-0.2, 0) is 0 Å². The molecule has 1 aromatic carbocycles. The molecule has 4 heteroatoms. The first-order valence-corrected chi connectivity index (χ1v) is 6.70. The SMILES string of the molecule is CCC(C)C(C)NC(=O)c1cc2cc(N)ccc2[nH]1. The molecule has 0 fully saturated rings. The lowest BCUT2D eigenvalue weighted by Crippen LogP contribution is -2.37. The fraction of sp³-hybridized carbons (Fsp3) is 0.400. The first-order chi connectivity index (χ1) is 9.01. The van der Waals surface area contributed by atoms with Crippen LogP contribution >= 0.6 is 0 Å². The van der Waals surface area contributed by atoms with E-state index in [0.717, 1.165) is 17.3 Å². The summed E-state index contributed by atoms with van der Waals surface area (Å²) in [6.07, 6.45) is 1.05. The number of nitrogens with two attached hydrogens (primary N) is 1. The monoisotopic (exact) mass is 259 g/mol. The molecule has 102 valence electrons. The van der Waals surface area contributed by atoms with Crippen molar-refractivity contribution >= 4 is 22.5 Å². The second kappa shape index (κ2) is 5.34. The number of H-pyrrole nitrogens is 1. The van der Waals surface area contributed by atoms with E-state index >= 15 is 0 Å². The summed E-state index contributed by atoms with van der Waals surface area (Å²) in [4.78, 5) is 15.3. The number of hydrogen-bond donors (Lipinski definition) is 3. The zero-order valence-electron chi connectivity index (χ0n) is 11.7. The largest absolute Gasteiger partial charge is 0.399 e. The highest BCUT2D eigenvalue weighted by atomic mass is 16.1. The number of amides is 1. The average Bonchev–Trinajstić information content (AvgIpc) is 2.80. The van der Waals surface area contributed by atoms with Crippen LogP contribution in [0.2, 0.25) is 0 Å². The van der Waals surface area contributed by atoms with Crippen LogP contribution in [0.5, 0.6) is 0 Å². The third kappa shape index (κ3) is 2.89. The zero-order valence-corrected chi connectivity index (χ0v) is 11.7. The second-order valence-electron chi connectivity index (χ2n) is 5.18. The van der Waals surface area contributed by atoms with Gasteiger partial charge in [-0.2, -0.15) is 0 Å². The van der Waals surface area contributed by atoms with Gasteiger partial charge in [0.25, 0.3) is 5.91 Å². The van der Waals surface area contributed by atoms with Crippen molar-refractivity contribution in [2.24, 2.45) is 5.92 Å². The minimum atomic E-state index is -0.0671. The van der Waals surface area contributed by atoms with Gasteiger partial charge in [0.05, 0.1) is 0 Å². The number of aromatic nitrogens is 1. The van der Waals surface area contributed by atoms with Gasteiger partial charge >= 0.3 is 0 Å². The van der Waals surface area contributed by atoms with E-state index < -0.39 is 0 Å². The second-order valence-corrected chi connectivity index (χ2v) is 5.18. The van der Waals surface area contributed by atoms with Crippen molar-refractivity contribution < 1.29 is 4.79 Å². The number of nitrogen functional groups attached to an aromatic ring is 1. The van der Waals surface area contributed by atoms with Crippen molar-refractivity contribution in [3.05, 3.63) is 30.0 Å². The van der Waals surface area contributed by atoms with Crippen LogP contribution in [0.3, 0.4) is 0 Å². The first-order valence-electron chi connectivity index (χ1n) is 6.70. The molecule has 19 heavy (non-hydrogen) atoms. The van der Waals surface area contributed by atoms with Gasteiger partial charge in [0, 0.05) is 22.6 Å². The van der Waals surface area contributed by atoms with E-state index in [1.165, 1.54) is 0 Å². The highest BCUT2D eigenvalue weighted by Gasteiger charge is 2.15. The van der Waals surface area contributed by atoms with Crippen LogP contribution in [0.25, 0.3) is 10.9 Å². The van der Waals surface area contributed by atoms with E-state index in [0.29, 0.717) is 17.3 Å². The fourth-order valence-electron chi connectivity index (χ4n) is 2.05. The molecule has 4 N–H and O–H groups in total. The Bertz CT molecular complexity index is 588. The Hall–Kier alpha value is -1.97. The highest BCUT2D eigenvalue weighted by molar-refractivity contribution is 5.98. The number of aromatic amines is 1. The third-order valence-corrected chi connectivity index (χ3v) is 3.75. The van der Waals surface area contributed by atoms with E-state index in [1.807, 2.05) is 31.2 Å². The molecule has 2 rings (SSSR count). The van der Waals surface area contributed by atoms with Crippen molar-refractivity contribution in [3.8, 4) is 0 Å². The summed E-state index contributed by atoms with van der Waals surface area (Å²) in [6.45, 7) is 6.29. The van der Waals surface area contributed by atoms with Gasteiger partial charge in [-0.1, -0.05) is 20.3 Å². The van der Waals surface area contributed by atoms with Gasteiger partial charge < -0.3 is 16.0 Å². The molecule has 0 spiro atoms. The standard InChI is InChI=1S/C15H21N3O/c1-4-9(2)10(3)17-15(19)14-8-11-7-12(16)5-6-13(11)18-14/h5-10,18H,4,16H2,1-3H3,(H,17,19). The Labute approximate surface area is 113 Å². The maximum Gasteiger partial charge on any atom is 0.267 e. The summed E-state index contributed by atoms with van der Waals surface area (Å²) in [5.74, 6) is 0.395. The minimum Gasteiger partial charge on any atom is -0.399 e. The molecule has 0 saturated heterocycles. The average molecular weight is 259 g/mol. The van der Waals surface area contributed by atoms with E-state index in [2.05, 4.69) is 24.1 Å². The van der Waals surface area contributed by atoms with Crippen LogP contribution in [0.1, 0.15) is 37.7 Å². The minimum absolute atomic E-state index is 0.0671. The number of carbonyl (C=O) groups excluding carboxylic acids is 1. The Morgan fingerprint density at radius 3 is 2.79 bits per heavy atom. The van der Waals surface area contributed by atoms with Crippen molar-refractivity contribution in [3.63, 3.8) is 0 Å². The maximum absolute atomic E-state index is 12.2. The molecular formula is C15H21N3O. The summed E-state index contributed by atoms with van der Waals surface area (Å²) in [6, 6.07) is 7.57. The molecule has 1 aromatic heterocycles. The van der Waals surface area contributed by atoms with Crippen LogP contribution < -0.4 is 11.1 Å². The van der Waals surface area contributed by atoms with Gasteiger partial charge in [-0.05, 0) is 37.1 Å². The molecular weight excluding hydrogens is 238 g/mol. The number of carbonyl (C=O) groups is 1.